The first kappa shape index (κ1) is 14.6. The van der Waals surface area contributed by atoms with Crippen LogP contribution in [0.25, 0.3) is 0 Å². The van der Waals surface area contributed by atoms with Gasteiger partial charge in [0.05, 0.1) is 4.47 Å². The summed E-state index contributed by atoms with van der Waals surface area (Å²) in [7, 11) is 0. The number of benzene rings is 2. The van der Waals surface area contributed by atoms with Gasteiger partial charge in [0.15, 0.2) is 0 Å². The van der Waals surface area contributed by atoms with Crippen LogP contribution >= 0.6 is 28.1 Å². The minimum Gasteiger partial charge on any atom is -0.389 e. The number of carbonyl (C=O) groups excluding carboxylic acids is 1. The van der Waals surface area contributed by atoms with Crippen LogP contribution < -0.4 is 11.1 Å². The van der Waals surface area contributed by atoms with Crippen LogP contribution in [0.4, 0.5) is 10.1 Å². The van der Waals surface area contributed by atoms with Gasteiger partial charge in [-0.2, -0.15) is 0 Å². The van der Waals surface area contributed by atoms with Gasteiger partial charge in [-0.1, -0.05) is 24.4 Å². The van der Waals surface area contributed by atoms with Gasteiger partial charge in [0.2, 0.25) is 0 Å². The molecule has 2 aromatic rings. The second-order valence-corrected chi connectivity index (χ2v) is 5.32. The third-order valence-corrected chi connectivity index (χ3v) is 3.43. The molecule has 6 heteroatoms. The number of nitrogens with one attached hydrogen (secondary N) is 1. The lowest BCUT2D eigenvalue weighted by Crippen LogP contribution is -2.14. The average Bonchev–Trinajstić information content (AvgIpc) is 2.43. The molecule has 102 valence electrons. The van der Waals surface area contributed by atoms with E-state index >= 15 is 0 Å². The van der Waals surface area contributed by atoms with Gasteiger partial charge in [0, 0.05) is 16.8 Å². The maximum Gasteiger partial charge on any atom is 0.255 e. The number of thiocarbonyl (C=S) groups is 1. The van der Waals surface area contributed by atoms with Crippen LogP contribution in [-0.4, -0.2) is 10.9 Å². The van der Waals surface area contributed by atoms with E-state index in [1.807, 2.05) is 0 Å². The number of hydrogen-bond acceptors (Lipinski definition) is 2. The summed E-state index contributed by atoms with van der Waals surface area (Å²) in [5.74, 6) is -0.708. The van der Waals surface area contributed by atoms with Crippen LogP contribution in [0.2, 0.25) is 0 Å². The lowest BCUT2D eigenvalue weighted by molar-refractivity contribution is 0.102. The van der Waals surface area contributed by atoms with E-state index in [-0.39, 0.29) is 15.4 Å². The highest BCUT2D eigenvalue weighted by molar-refractivity contribution is 9.10. The summed E-state index contributed by atoms with van der Waals surface area (Å²) >= 11 is 7.93. The van der Waals surface area contributed by atoms with E-state index in [0.29, 0.717) is 16.8 Å². The quantitative estimate of drug-likeness (QED) is 0.831. The van der Waals surface area contributed by atoms with Crippen molar-refractivity contribution in [3.8, 4) is 0 Å². The summed E-state index contributed by atoms with van der Waals surface area (Å²) in [4.78, 5) is 12.3. The first-order valence-corrected chi connectivity index (χ1v) is 6.84. The van der Waals surface area contributed by atoms with Crippen molar-refractivity contribution in [3.63, 3.8) is 0 Å². The molecule has 1 amide bonds. The molecule has 0 atom stereocenters. The fourth-order valence-corrected chi connectivity index (χ4v) is 2.10. The molecule has 3 nitrogen and oxygen atoms in total. The van der Waals surface area contributed by atoms with Gasteiger partial charge >= 0.3 is 0 Å². The molecule has 0 heterocycles. The minimum atomic E-state index is -0.390. The monoisotopic (exact) mass is 352 g/mol. The molecule has 0 aliphatic carbocycles. The first-order valence-electron chi connectivity index (χ1n) is 5.63. The Morgan fingerprint density at radius 1 is 1.20 bits per heavy atom. The van der Waals surface area contributed by atoms with Gasteiger partial charge in [-0.05, 0) is 46.3 Å². The highest BCUT2D eigenvalue weighted by Gasteiger charge is 2.09. The van der Waals surface area contributed by atoms with Crippen molar-refractivity contribution in [3.05, 3.63) is 63.9 Å². The zero-order chi connectivity index (χ0) is 14.7. The molecule has 0 spiro atoms. The summed E-state index contributed by atoms with van der Waals surface area (Å²) in [6, 6.07) is 10.9. The molecule has 3 N–H and O–H groups in total. The Bertz CT molecular complexity index is 691. The predicted octanol–water partition coefficient (Wildman–Crippen LogP) is 3.47. The van der Waals surface area contributed by atoms with Crippen LogP contribution in [0.5, 0.6) is 0 Å². The number of hydrogen-bond donors (Lipinski definition) is 2. The summed E-state index contributed by atoms with van der Waals surface area (Å²) in [6.45, 7) is 0. The highest BCUT2D eigenvalue weighted by Crippen LogP contribution is 2.20. The van der Waals surface area contributed by atoms with Gasteiger partial charge < -0.3 is 11.1 Å². The van der Waals surface area contributed by atoms with Crippen molar-refractivity contribution in [1.29, 1.82) is 0 Å². The van der Waals surface area contributed by atoms with Crippen molar-refractivity contribution in [1.82, 2.24) is 0 Å². The third kappa shape index (κ3) is 3.40. The molecule has 0 fully saturated rings. The van der Waals surface area contributed by atoms with Gasteiger partial charge in [0.25, 0.3) is 5.91 Å². The van der Waals surface area contributed by atoms with E-state index in [1.165, 1.54) is 18.2 Å². The van der Waals surface area contributed by atoms with Crippen molar-refractivity contribution in [2.24, 2.45) is 5.73 Å². The van der Waals surface area contributed by atoms with Crippen molar-refractivity contribution in [2.45, 2.75) is 0 Å². The van der Waals surface area contributed by atoms with E-state index in [9.17, 15) is 9.18 Å². The largest absolute Gasteiger partial charge is 0.389 e. The van der Waals surface area contributed by atoms with Crippen LogP contribution in [0.15, 0.2) is 46.9 Å². The maximum atomic E-state index is 13.1. The standard InChI is InChI=1S/C14H10BrFN2OS/c15-11-7-10(4-5-12(11)16)18-14(19)9-3-1-2-8(6-9)13(17)20/h1-7H,(H2,17,20)(H,18,19). The Kier molecular flexibility index (Phi) is 4.46. The topological polar surface area (TPSA) is 55.1 Å². The molecule has 2 aromatic carbocycles. The Hall–Kier alpha value is -1.79. The van der Waals surface area contributed by atoms with E-state index in [4.69, 9.17) is 18.0 Å². The second-order valence-electron chi connectivity index (χ2n) is 4.03. The average molecular weight is 353 g/mol. The van der Waals surface area contributed by atoms with Gasteiger partial charge in [-0.15, -0.1) is 0 Å². The molecule has 0 saturated heterocycles. The van der Waals surface area contributed by atoms with Crippen LogP contribution in [-0.2, 0) is 0 Å². The molecule has 20 heavy (non-hydrogen) atoms. The molecular formula is C14H10BrFN2OS. The predicted molar refractivity (Wildman–Crippen MR) is 84.4 cm³/mol. The lowest BCUT2D eigenvalue weighted by atomic mass is 10.1. The molecule has 0 aliphatic rings. The molecule has 0 aromatic heterocycles. The van der Waals surface area contributed by atoms with Crippen LogP contribution in [0, 0.1) is 5.82 Å². The highest BCUT2D eigenvalue weighted by atomic mass is 79.9. The fraction of sp³-hybridized carbons (Fsp3) is 0. The number of halogens is 2. The summed E-state index contributed by atoms with van der Waals surface area (Å²) in [5.41, 5.74) is 7.06. The molecule has 0 unspecified atom stereocenters. The van der Waals surface area contributed by atoms with Gasteiger partial charge in [-0.25, -0.2) is 4.39 Å². The Morgan fingerprint density at radius 3 is 2.55 bits per heavy atom. The fourth-order valence-electron chi connectivity index (χ4n) is 1.59. The number of rotatable bonds is 3. The molecule has 0 saturated carbocycles. The van der Waals surface area contributed by atoms with E-state index in [1.54, 1.807) is 24.3 Å². The molecule has 2 rings (SSSR count). The Morgan fingerprint density at radius 2 is 1.90 bits per heavy atom. The summed E-state index contributed by atoms with van der Waals surface area (Å²) in [5, 5.41) is 2.67. The summed E-state index contributed by atoms with van der Waals surface area (Å²) < 4.78 is 13.4. The van der Waals surface area contributed by atoms with E-state index < -0.39 is 5.82 Å². The SMILES string of the molecule is NC(=S)c1cccc(C(=O)Nc2ccc(F)c(Br)c2)c1. The zero-order valence-corrected chi connectivity index (χ0v) is 12.6. The smallest absolute Gasteiger partial charge is 0.255 e. The number of carbonyl (C=O) groups is 1. The van der Waals surface area contributed by atoms with Crippen molar-refractivity contribution >= 4 is 44.7 Å². The Balaban J connectivity index is 2.21. The first-order chi connectivity index (χ1) is 9.47. The van der Waals surface area contributed by atoms with Crippen molar-refractivity contribution in [2.75, 3.05) is 5.32 Å². The number of nitrogens with two attached hydrogens (primary N) is 1. The molecule has 0 aliphatic heterocycles. The van der Waals surface area contributed by atoms with Gasteiger partial charge in [0.1, 0.15) is 10.8 Å². The van der Waals surface area contributed by atoms with Crippen LogP contribution in [0.1, 0.15) is 15.9 Å². The summed E-state index contributed by atoms with van der Waals surface area (Å²) in [6.07, 6.45) is 0. The zero-order valence-electron chi connectivity index (χ0n) is 10.2. The van der Waals surface area contributed by atoms with Crippen LogP contribution in [0.3, 0.4) is 0 Å². The molecule has 0 radical (unpaired) electrons. The number of amides is 1. The minimum absolute atomic E-state index is 0.226. The normalized spacial score (nSPS) is 10.1. The Labute approximate surface area is 129 Å². The van der Waals surface area contributed by atoms with E-state index in [2.05, 4.69) is 21.2 Å². The van der Waals surface area contributed by atoms with Crippen molar-refractivity contribution < 1.29 is 9.18 Å². The number of anilines is 1. The van der Waals surface area contributed by atoms with E-state index in [0.717, 1.165) is 0 Å². The lowest BCUT2D eigenvalue weighted by Gasteiger charge is -2.07. The second kappa shape index (κ2) is 6.11. The third-order valence-electron chi connectivity index (χ3n) is 2.59. The molecular weight excluding hydrogens is 343 g/mol. The van der Waals surface area contributed by atoms with Gasteiger partial charge in [-0.3, -0.25) is 4.79 Å². The molecule has 0 bridgehead atoms. The maximum absolute atomic E-state index is 13.1.